The summed E-state index contributed by atoms with van der Waals surface area (Å²) in [6.07, 6.45) is 0. The minimum Gasteiger partial charge on any atom is -0.322 e. The first kappa shape index (κ1) is 18.6. The van der Waals surface area contributed by atoms with Crippen molar-refractivity contribution in [2.45, 2.75) is 13.5 Å². The molecule has 0 saturated carbocycles. The highest BCUT2D eigenvalue weighted by Crippen LogP contribution is 2.17. The quantitative estimate of drug-likeness (QED) is 0.572. The summed E-state index contributed by atoms with van der Waals surface area (Å²) in [5.41, 5.74) is 2.19. The van der Waals surface area contributed by atoms with Crippen molar-refractivity contribution in [2.24, 2.45) is 0 Å². The van der Waals surface area contributed by atoms with Crippen LogP contribution in [-0.4, -0.2) is 15.5 Å². The van der Waals surface area contributed by atoms with Crippen molar-refractivity contribution in [3.63, 3.8) is 0 Å². The summed E-state index contributed by atoms with van der Waals surface area (Å²) in [5, 5.41) is 3.22. The van der Waals surface area contributed by atoms with Crippen LogP contribution in [0.1, 0.15) is 21.7 Å². The molecule has 0 saturated heterocycles. The van der Waals surface area contributed by atoms with E-state index in [-0.39, 0.29) is 23.8 Å². The number of benzene rings is 3. The Morgan fingerprint density at radius 3 is 2.48 bits per heavy atom. The van der Waals surface area contributed by atoms with E-state index >= 15 is 0 Å². The number of anilines is 1. The first-order valence-corrected chi connectivity index (χ1v) is 9.13. The molecule has 0 fully saturated rings. The predicted octanol–water partition coefficient (Wildman–Crippen LogP) is 4.14. The zero-order valence-corrected chi connectivity index (χ0v) is 15.7. The number of amides is 1. The lowest BCUT2D eigenvalue weighted by atomic mass is 10.1. The normalized spacial score (nSPS) is 10.8. The van der Waals surface area contributed by atoms with Gasteiger partial charge in [0.1, 0.15) is 11.6 Å². The highest BCUT2D eigenvalue weighted by molar-refractivity contribution is 6.05. The maximum absolute atomic E-state index is 13.1. The lowest BCUT2D eigenvalue weighted by Crippen LogP contribution is -2.24. The lowest BCUT2D eigenvalue weighted by molar-refractivity contribution is 0.102. The van der Waals surface area contributed by atoms with E-state index in [1.54, 1.807) is 66.1 Å². The molecule has 4 rings (SSSR count). The first-order valence-electron chi connectivity index (χ1n) is 9.13. The highest BCUT2D eigenvalue weighted by atomic mass is 19.1. The van der Waals surface area contributed by atoms with Gasteiger partial charge in [-0.15, -0.1) is 0 Å². The van der Waals surface area contributed by atoms with Crippen LogP contribution < -0.4 is 10.9 Å². The number of nitrogens with zero attached hydrogens (tertiary/aromatic N) is 2. The molecule has 0 aliphatic carbocycles. The van der Waals surface area contributed by atoms with Crippen LogP contribution in [0.3, 0.4) is 0 Å². The Hall–Kier alpha value is -3.80. The molecular weight excluding hydrogens is 369 g/mol. The van der Waals surface area contributed by atoms with Crippen LogP contribution in [-0.2, 0) is 6.54 Å². The molecule has 0 atom stereocenters. The Kier molecular flexibility index (Phi) is 4.91. The van der Waals surface area contributed by atoms with Gasteiger partial charge >= 0.3 is 0 Å². The van der Waals surface area contributed by atoms with Gasteiger partial charge in [0.05, 0.1) is 17.4 Å². The molecule has 3 aromatic carbocycles. The van der Waals surface area contributed by atoms with Crippen molar-refractivity contribution in [1.82, 2.24) is 9.55 Å². The third-order valence-electron chi connectivity index (χ3n) is 4.69. The molecule has 0 bridgehead atoms. The second kappa shape index (κ2) is 7.67. The first-order chi connectivity index (χ1) is 14.0. The Labute approximate surface area is 166 Å². The minimum absolute atomic E-state index is 0.215. The van der Waals surface area contributed by atoms with Gasteiger partial charge in [-0.3, -0.25) is 14.2 Å². The van der Waals surface area contributed by atoms with Gasteiger partial charge in [0.15, 0.2) is 0 Å². The van der Waals surface area contributed by atoms with Crippen molar-refractivity contribution >= 4 is 22.5 Å². The maximum atomic E-state index is 13.1. The van der Waals surface area contributed by atoms with Crippen molar-refractivity contribution in [1.29, 1.82) is 0 Å². The van der Waals surface area contributed by atoms with E-state index < -0.39 is 0 Å². The fourth-order valence-electron chi connectivity index (χ4n) is 3.16. The minimum atomic E-state index is -0.326. The van der Waals surface area contributed by atoms with Crippen molar-refractivity contribution in [3.05, 3.63) is 106 Å². The summed E-state index contributed by atoms with van der Waals surface area (Å²) in [6, 6.07) is 19.9. The number of aromatic nitrogens is 2. The molecule has 1 heterocycles. The molecule has 0 aliphatic rings. The SMILES string of the molecule is Cc1nc2ccc(NC(=O)c3ccccc3)cc2c(=O)n1Cc1ccc(F)cc1. The van der Waals surface area contributed by atoms with E-state index in [1.807, 2.05) is 6.07 Å². The molecule has 144 valence electrons. The molecule has 6 heteroatoms. The molecule has 1 N–H and O–H groups in total. The van der Waals surface area contributed by atoms with Gasteiger partial charge < -0.3 is 5.32 Å². The second-order valence-electron chi connectivity index (χ2n) is 6.73. The number of carbonyl (C=O) groups excluding carboxylic acids is 1. The monoisotopic (exact) mass is 387 g/mol. The lowest BCUT2D eigenvalue weighted by Gasteiger charge is -2.12. The third-order valence-corrected chi connectivity index (χ3v) is 4.69. The van der Waals surface area contributed by atoms with Gasteiger partial charge in [-0.1, -0.05) is 30.3 Å². The van der Waals surface area contributed by atoms with E-state index in [4.69, 9.17) is 0 Å². The average Bonchev–Trinajstić information content (AvgIpc) is 2.73. The smallest absolute Gasteiger partial charge is 0.261 e. The van der Waals surface area contributed by atoms with Crippen LogP contribution in [0.2, 0.25) is 0 Å². The molecule has 4 aromatic rings. The van der Waals surface area contributed by atoms with Crippen LogP contribution >= 0.6 is 0 Å². The Bertz CT molecular complexity index is 1250. The number of aryl methyl sites for hydroxylation is 1. The summed E-state index contributed by atoms with van der Waals surface area (Å²) >= 11 is 0. The number of nitrogens with one attached hydrogen (secondary N) is 1. The summed E-state index contributed by atoms with van der Waals surface area (Å²) < 4.78 is 14.7. The molecule has 0 unspecified atom stereocenters. The van der Waals surface area contributed by atoms with E-state index in [0.717, 1.165) is 5.56 Å². The predicted molar refractivity (Wildman–Crippen MR) is 111 cm³/mol. The number of carbonyl (C=O) groups is 1. The zero-order valence-electron chi connectivity index (χ0n) is 15.7. The number of hydrogen-bond donors (Lipinski definition) is 1. The van der Waals surface area contributed by atoms with Gasteiger partial charge in [-0.05, 0) is 55.0 Å². The number of halogens is 1. The largest absolute Gasteiger partial charge is 0.322 e. The molecule has 0 radical (unpaired) electrons. The molecule has 29 heavy (non-hydrogen) atoms. The van der Waals surface area contributed by atoms with E-state index in [1.165, 1.54) is 12.1 Å². The van der Waals surface area contributed by atoms with Gasteiger partial charge in [-0.25, -0.2) is 9.37 Å². The zero-order chi connectivity index (χ0) is 20.4. The summed E-state index contributed by atoms with van der Waals surface area (Å²) in [4.78, 5) is 30.0. The average molecular weight is 387 g/mol. The molecule has 5 nitrogen and oxygen atoms in total. The fourth-order valence-corrected chi connectivity index (χ4v) is 3.16. The Balaban J connectivity index is 1.69. The van der Waals surface area contributed by atoms with Crippen LogP contribution in [0.5, 0.6) is 0 Å². The standard InChI is InChI=1S/C23H18FN3O2/c1-15-25-21-12-11-19(26-22(28)17-5-3-2-4-6-17)13-20(21)23(29)27(15)14-16-7-9-18(24)10-8-16/h2-13H,14H2,1H3,(H,26,28). The number of hydrogen-bond acceptors (Lipinski definition) is 3. The van der Waals surface area contributed by atoms with Crippen molar-refractivity contribution in [3.8, 4) is 0 Å². The Morgan fingerprint density at radius 1 is 1.03 bits per heavy atom. The van der Waals surface area contributed by atoms with Gasteiger partial charge in [0.2, 0.25) is 0 Å². The topological polar surface area (TPSA) is 64.0 Å². The van der Waals surface area contributed by atoms with E-state index in [0.29, 0.717) is 28.0 Å². The van der Waals surface area contributed by atoms with Crippen LogP contribution in [0.4, 0.5) is 10.1 Å². The van der Waals surface area contributed by atoms with Crippen LogP contribution in [0.15, 0.2) is 77.6 Å². The summed E-state index contributed by atoms with van der Waals surface area (Å²) in [5.74, 6) is -0.0159. The maximum Gasteiger partial charge on any atom is 0.261 e. The van der Waals surface area contributed by atoms with Crippen LogP contribution in [0, 0.1) is 12.7 Å². The van der Waals surface area contributed by atoms with Gasteiger partial charge in [0, 0.05) is 11.3 Å². The second-order valence-corrected chi connectivity index (χ2v) is 6.73. The van der Waals surface area contributed by atoms with Crippen molar-refractivity contribution < 1.29 is 9.18 Å². The Morgan fingerprint density at radius 2 is 1.76 bits per heavy atom. The van der Waals surface area contributed by atoms with E-state index in [9.17, 15) is 14.0 Å². The number of fused-ring (bicyclic) bond motifs is 1. The molecule has 0 spiro atoms. The van der Waals surface area contributed by atoms with Gasteiger partial charge in [0.25, 0.3) is 11.5 Å². The van der Waals surface area contributed by atoms with Crippen molar-refractivity contribution in [2.75, 3.05) is 5.32 Å². The molecule has 1 aromatic heterocycles. The third kappa shape index (κ3) is 3.91. The summed E-state index contributed by atoms with van der Waals surface area (Å²) in [7, 11) is 0. The molecule has 1 amide bonds. The number of rotatable bonds is 4. The summed E-state index contributed by atoms with van der Waals surface area (Å²) in [6.45, 7) is 2.05. The fraction of sp³-hybridized carbons (Fsp3) is 0.0870. The van der Waals surface area contributed by atoms with E-state index in [2.05, 4.69) is 10.3 Å². The van der Waals surface area contributed by atoms with Crippen LogP contribution in [0.25, 0.3) is 10.9 Å². The highest BCUT2D eigenvalue weighted by Gasteiger charge is 2.11. The molecule has 0 aliphatic heterocycles. The van der Waals surface area contributed by atoms with Gasteiger partial charge in [-0.2, -0.15) is 0 Å². The molecular formula is C23H18FN3O2.